The van der Waals surface area contributed by atoms with Gasteiger partial charge in [0, 0.05) is 36.8 Å². The predicted molar refractivity (Wildman–Crippen MR) is 120 cm³/mol. The Kier molecular flexibility index (Phi) is 5.33. The number of rotatable bonds is 5. The van der Waals surface area contributed by atoms with E-state index in [1.54, 1.807) is 31.6 Å². The topological polar surface area (TPSA) is 94.8 Å². The number of aryl methyl sites for hydroxylation is 1. The van der Waals surface area contributed by atoms with Crippen LogP contribution in [0.4, 0.5) is 0 Å². The second kappa shape index (κ2) is 8.58. The van der Waals surface area contributed by atoms with Gasteiger partial charge in [0.15, 0.2) is 0 Å². The van der Waals surface area contributed by atoms with Crippen LogP contribution in [-0.4, -0.2) is 43.8 Å². The molecule has 0 bridgehead atoms. The molecule has 0 aromatic carbocycles. The van der Waals surface area contributed by atoms with Crippen LogP contribution in [0.5, 0.6) is 5.88 Å². The van der Waals surface area contributed by atoms with Crippen LogP contribution in [0, 0.1) is 0 Å². The quantitative estimate of drug-likeness (QED) is 0.493. The molecule has 1 aliphatic rings. The molecule has 4 heterocycles. The average molecular weight is 426 g/mol. The minimum Gasteiger partial charge on any atom is -0.481 e. The highest BCUT2D eigenvalue weighted by molar-refractivity contribution is 5.91. The Morgan fingerprint density at radius 1 is 1.19 bits per heavy atom. The first-order chi connectivity index (χ1) is 15.7. The zero-order valence-electron chi connectivity index (χ0n) is 17.6. The lowest BCUT2D eigenvalue weighted by atomic mass is 9.93. The molecule has 4 aromatic heterocycles. The maximum atomic E-state index is 12.4. The molecule has 0 saturated heterocycles. The summed E-state index contributed by atoms with van der Waals surface area (Å²) in [5.41, 5.74) is 5.29. The van der Waals surface area contributed by atoms with Crippen LogP contribution in [0.25, 0.3) is 22.8 Å². The summed E-state index contributed by atoms with van der Waals surface area (Å²) in [6.45, 7) is 0. The maximum absolute atomic E-state index is 12.4. The molecular weight excluding hydrogens is 404 g/mol. The number of hydrogen-bond acceptors (Lipinski definition) is 6. The highest BCUT2D eigenvalue weighted by atomic mass is 16.5. The van der Waals surface area contributed by atoms with Crippen LogP contribution in [-0.2, 0) is 17.6 Å². The number of ether oxygens (including phenoxy) is 1. The highest BCUT2D eigenvalue weighted by Crippen LogP contribution is 2.25. The number of carbonyl (C=O) groups excluding carboxylic acids is 1. The summed E-state index contributed by atoms with van der Waals surface area (Å²) in [5.74, 6) is 0.415. The van der Waals surface area contributed by atoms with Gasteiger partial charge in [-0.3, -0.25) is 14.8 Å². The Morgan fingerprint density at radius 3 is 2.97 bits per heavy atom. The number of amides is 1. The largest absolute Gasteiger partial charge is 0.481 e. The molecule has 1 atom stereocenters. The zero-order valence-corrected chi connectivity index (χ0v) is 17.6. The second-order valence-electron chi connectivity index (χ2n) is 7.63. The van der Waals surface area contributed by atoms with Crippen molar-refractivity contribution in [1.29, 1.82) is 0 Å². The maximum Gasteiger partial charge on any atom is 0.244 e. The summed E-state index contributed by atoms with van der Waals surface area (Å²) in [5, 5.41) is 7.88. The fourth-order valence-electron chi connectivity index (χ4n) is 3.93. The molecule has 0 radical (unpaired) electrons. The minimum absolute atomic E-state index is 0.0634. The van der Waals surface area contributed by atoms with Gasteiger partial charge in [-0.15, -0.1) is 0 Å². The van der Waals surface area contributed by atoms with E-state index in [1.165, 1.54) is 6.08 Å². The van der Waals surface area contributed by atoms with Crippen molar-refractivity contribution >= 4 is 23.0 Å². The van der Waals surface area contributed by atoms with Gasteiger partial charge in [0.25, 0.3) is 0 Å². The monoisotopic (exact) mass is 426 g/mol. The smallest absolute Gasteiger partial charge is 0.244 e. The fraction of sp³-hybridized carbons (Fsp3) is 0.208. The molecule has 1 aliphatic carbocycles. The van der Waals surface area contributed by atoms with Gasteiger partial charge in [0.2, 0.25) is 11.8 Å². The number of nitrogens with zero attached hydrogens (tertiary/aromatic N) is 5. The fourth-order valence-corrected chi connectivity index (χ4v) is 3.93. The van der Waals surface area contributed by atoms with Crippen LogP contribution in [0.3, 0.4) is 0 Å². The molecule has 0 saturated carbocycles. The minimum atomic E-state index is -0.118. The first-order valence-electron chi connectivity index (χ1n) is 10.5. The second-order valence-corrected chi connectivity index (χ2v) is 7.63. The van der Waals surface area contributed by atoms with E-state index in [0.29, 0.717) is 5.88 Å². The Bertz CT molecular complexity index is 1300. The molecule has 0 spiro atoms. The number of carbonyl (C=O) groups is 1. The van der Waals surface area contributed by atoms with Crippen LogP contribution >= 0.6 is 0 Å². The van der Waals surface area contributed by atoms with Crippen LogP contribution in [0.2, 0.25) is 0 Å². The molecule has 8 nitrogen and oxygen atoms in total. The number of nitrogens with one attached hydrogen (secondary N) is 1. The SMILES string of the molecule is COc1ccc2nccc(-n3cc4c(n3)CCC(NC(=O)C=Cc3ccccn3)C4)c2n1. The third-order valence-electron chi connectivity index (χ3n) is 5.51. The Morgan fingerprint density at radius 2 is 2.12 bits per heavy atom. The Balaban J connectivity index is 1.33. The molecule has 1 unspecified atom stereocenters. The molecule has 0 fully saturated rings. The van der Waals surface area contributed by atoms with Gasteiger partial charge >= 0.3 is 0 Å². The summed E-state index contributed by atoms with van der Waals surface area (Å²) in [6, 6.07) is 11.2. The molecule has 0 aliphatic heterocycles. The lowest BCUT2D eigenvalue weighted by Gasteiger charge is -2.21. The number of methoxy groups -OCH3 is 1. The van der Waals surface area contributed by atoms with Crippen LogP contribution < -0.4 is 10.1 Å². The summed E-state index contributed by atoms with van der Waals surface area (Å²) in [7, 11) is 1.59. The van der Waals surface area contributed by atoms with Crippen molar-refractivity contribution in [3.63, 3.8) is 0 Å². The third kappa shape index (κ3) is 4.07. The molecule has 160 valence electrons. The summed E-state index contributed by atoms with van der Waals surface area (Å²) < 4.78 is 7.13. The van der Waals surface area contributed by atoms with E-state index in [1.807, 2.05) is 41.2 Å². The number of hydrogen-bond donors (Lipinski definition) is 1. The van der Waals surface area contributed by atoms with Crippen molar-refractivity contribution < 1.29 is 9.53 Å². The van der Waals surface area contributed by atoms with E-state index in [9.17, 15) is 4.79 Å². The van der Waals surface area contributed by atoms with E-state index in [0.717, 1.165) is 52.9 Å². The lowest BCUT2D eigenvalue weighted by Crippen LogP contribution is -2.37. The van der Waals surface area contributed by atoms with Crippen LogP contribution in [0.1, 0.15) is 23.4 Å². The van der Waals surface area contributed by atoms with E-state index >= 15 is 0 Å². The van der Waals surface area contributed by atoms with E-state index in [2.05, 4.69) is 20.3 Å². The Labute approximate surface area is 185 Å². The molecule has 4 aromatic rings. The zero-order chi connectivity index (χ0) is 21.9. The van der Waals surface area contributed by atoms with Gasteiger partial charge in [-0.1, -0.05) is 6.07 Å². The number of pyridine rings is 3. The first-order valence-corrected chi connectivity index (χ1v) is 10.5. The van der Waals surface area contributed by atoms with Crippen molar-refractivity contribution in [2.24, 2.45) is 0 Å². The first kappa shape index (κ1) is 19.9. The highest BCUT2D eigenvalue weighted by Gasteiger charge is 2.23. The van der Waals surface area contributed by atoms with E-state index in [4.69, 9.17) is 9.84 Å². The van der Waals surface area contributed by atoms with Gasteiger partial charge in [-0.05, 0) is 55.2 Å². The van der Waals surface area contributed by atoms with Crippen molar-refractivity contribution in [1.82, 2.24) is 30.0 Å². The third-order valence-corrected chi connectivity index (χ3v) is 5.51. The number of fused-ring (bicyclic) bond motifs is 2. The standard InChI is InChI=1S/C24H22N6O2/c1-32-23-10-8-20-24(28-23)21(11-13-26-20)30-15-16-14-18(5-7-19(16)29-30)27-22(31)9-6-17-4-2-3-12-25-17/h2-4,6,8-13,15,18H,5,7,14H2,1H3,(H,27,31). The molecule has 8 heteroatoms. The van der Waals surface area contributed by atoms with Gasteiger partial charge in [0.05, 0.1) is 29.7 Å². The van der Waals surface area contributed by atoms with Crippen LogP contribution in [0.15, 0.2) is 61.1 Å². The summed E-state index contributed by atoms with van der Waals surface area (Å²) >= 11 is 0. The van der Waals surface area contributed by atoms with Crippen molar-refractivity contribution in [3.8, 4) is 11.6 Å². The van der Waals surface area contributed by atoms with Crippen molar-refractivity contribution in [2.45, 2.75) is 25.3 Å². The normalized spacial score (nSPS) is 15.6. The average Bonchev–Trinajstić information content (AvgIpc) is 3.26. The lowest BCUT2D eigenvalue weighted by molar-refractivity contribution is -0.117. The molecular formula is C24H22N6O2. The van der Waals surface area contributed by atoms with Crippen molar-refractivity contribution in [2.75, 3.05) is 7.11 Å². The molecule has 1 N–H and O–H groups in total. The van der Waals surface area contributed by atoms with Gasteiger partial charge in [-0.25, -0.2) is 9.67 Å². The number of aromatic nitrogens is 5. The van der Waals surface area contributed by atoms with Gasteiger partial charge in [0.1, 0.15) is 5.52 Å². The van der Waals surface area contributed by atoms with Gasteiger partial charge in [-0.2, -0.15) is 5.10 Å². The molecule has 5 rings (SSSR count). The Hall–Kier alpha value is -4.07. The summed E-state index contributed by atoms with van der Waals surface area (Å²) in [4.78, 5) is 25.5. The van der Waals surface area contributed by atoms with E-state index < -0.39 is 0 Å². The molecule has 32 heavy (non-hydrogen) atoms. The van der Waals surface area contributed by atoms with Crippen molar-refractivity contribution in [3.05, 3.63) is 78.0 Å². The van der Waals surface area contributed by atoms with Gasteiger partial charge < -0.3 is 10.1 Å². The predicted octanol–water partition coefficient (Wildman–Crippen LogP) is 2.91. The van der Waals surface area contributed by atoms with E-state index in [-0.39, 0.29) is 11.9 Å². The molecule has 1 amide bonds. The summed E-state index contributed by atoms with van der Waals surface area (Å²) in [6.07, 6.45) is 11.1.